The number of rotatable bonds is 1. The summed E-state index contributed by atoms with van der Waals surface area (Å²) in [5.74, 6) is 0. The molecule has 0 aliphatic carbocycles. The molecule has 0 unspecified atom stereocenters. The number of aromatic nitrogens is 2. The summed E-state index contributed by atoms with van der Waals surface area (Å²) in [7, 11) is 0. The largest absolute Gasteiger partial charge is 0.417 e. The highest BCUT2D eigenvalue weighted by molar-refractivity contribution is 5.77. The van der Waals surface area contributed by atoms with Crippen molar-refractivity contribution in [3.63, 3.8) is 0 Å². The summed E-state index contributed by atoms with van der Waals surface area (Å²) < 4.78 is 37.1. The van der Waals surface area contributed by atoms with Crippen LogP contribution < -0.4 is 0 Å². The summed E-state index contributed by atoms with van der Waals surface area (Å²) in [6.45, 7) is 1.93. The molecular formula is C10H9F3N2. The molecule has 0 fully saturated rings. The monoisotopic (exact) mass is 214 g/mol. The van der Waals surface area contributed by atoms with E-state index in [1.54, 1.807) is 6.07 Å². The fourth-order valence-electron chi connectivity index (χ4n) is 1.42. The topological polar surface area (TPSA) is 28.7 Å². The Balaban J connectivity index is 2.55. The summed E-state index contributed by atoms with van der Waals surface area (Å²) >= 11 is 0. The van der Waals surface area contributed by atoms with E-state index in [2.05, 4.69) is 9.97 Å². The van der Waals surface area contributed by atoms with Crippen molar-refractivity contribution in [2.45, 2.75) is 19.5 Å². The third-order valence-corrected chi connectivity index (χ3v) is 2.23. The van der Waals surface area contributed by atoms with Crippen molar-refractivity contribution in [1.82, 2.24) is 9.97 Å². The number of aryl methyl sites for hydroxylation is 1. The van der Waals surface area contributed by atoms with E-state index < -0.39 is 11.7 Å². The van der Waals surface area contributed by atoms with Gasteiger partial charge in [0.05, 0.1) is 5.56 Å². The fourth-order valence-corrected chi connectivity index (χ4v) is 1.42. The molecule has 0 aliphatic rings. The number of hydrogen-bond donors (Lipinski definition) is 1. The molecule has 2 heterocycles. The molecule has 2 rings (SSSR count). The molecule has 80 valence electrons. The van der Waals surface area contributed by atoms with Crippen molar-refractivity contribution in [2.75, 3.05) is 0 Å². The predicted octanol–water partition coefficient (Wildman–Crippen LogP) is 3.14. The molecule has 0 saturated carbocycles. The van der Waals surface area contributed by atoms with Crippen LogP contribution in [0.1, 0.15) is 18.2 Å². The van der Waals surface area contributed by atoms with Crippen LogP contribution in [0, 0.1) is 0 Å². The minimum Gasteiger partial charge on any atom is -0.343 e. The second kappa shape index (κ2) is 3.25. The smallest absolute Gasteiger partial charge is 0.343 e. The van der Waals surface area contributed by atoms with Crippen LogP contribution in [-0.4, -0.2) is 9.97 Å². The third kappa shape index (κ3) is 1.82. The zero-order chi connectivity index (χ0) is 11.1. The van der Waals surface area contributed by atoms with Crippen LogP contribution in [0.2, 0.25) is 0 Å². The predicted molar refractivity (Wildman–Crippen MR) is 50.5 cm³/mol. The van der Waals surface area contributed by atoms with Crippen molar-refractivity contribution in [3.8, 4) is 0 Å². The lowest BCUT2D eigenvalue weighted by Gasteiger charge is -2.04. The van der Waals surface area contributed by atoms with Crippen molar-refractivity contribution < 1.29 is 13.2 Å². The highest BCUT2D eigenvalue weighted by atomic mass is 19.4. The van der Waals surface area contributed by atoms with E-state index in [0.29, 0.717) is 11.0 Å². The van der Waals surface area contributed by atoms with Crippen molar-refractivity contribution in [1.29, 1.82) is 0 Å². The van der Waals surface area contributed by atoms with Gasteiger partial charge in [0.1, 0.15) is 5.65 Å². The van der Waals surface area contributed by atoms with Gasteiger partial charge in [-0.2, -0.15) is 13.2 Å². The standard InChI is InChI=1S/C10H9F3N2/c1-2-8-4-6-3-7(10(11,12)13)5-14-9(6)15-8/h3-5H,2H2,1H3,(H,14,15). The first-order valence-electron chi connectivity index (χ1n) is 4.55. The van der Waals surface area contributed by atoms with Gasteiger partial charge in [-0.1, -0.05) is 6.92 Å². The molecule has 2 aromatic heterocycles. The molecule has 0 bridgehead atoms. The summed E-state index contributed by atoms with van der Waals surface area (Å²) in [5.41, 5.74) is 0.674. The lowest BCUT2D eigenvalue weighted by atomic mass is 10.2. The van der Waals surface area contributed by atoms with Gasteiger partial charge in [0, 0.05) is 17.3 Å². The molecule has 0 aromatic carbocycles. The molecule has 0 amide bonds. The molecule has 5 heteroatoms. The van der Waals surface area contributed by atoms with Crippen LogP contribution in [0.25, 0.3) is 11.0 Å². The Kier molecular flexibility index (Phi) is 2.17. The second-order valence-corrected chi connectivity index (χ2v) is 3.31. The first-order valence-corrected chi connectivity index (χ1v) is 4.55. The van der Waals surface area contributed by atoms with E-state index in [4.69, 9.17) is 0 Å². The van der Waals surface area contributed by atoms with Gasteiger partial charge in [-0.05, 0) is 18.6 Å². The average molecular weight is 214 g/mol. The number of pyridine rings is 1. The minimum atomic E-state index is -4.33. The summed E-state index contributed by atoms with van der Waals surface area (Å²) in [5, 5.41) is 0.502. The molecule has 1 N–H and O–H groups in total. The number of nitrogens with one attached hydrogen (secondary N) is 1. The fraction of sp³-hybridized carbons (Fsp3) is 0.300. The van der Waals surface area contributed by atoms with Gasteiger partial charge in [0.15, 0.2) is 0 Å². The maximum absolute atomic E-state index is 12.4. The van der Waals surface area contributed by atoms with E-state index in [9.17, 15) is 13.2 Å². The number of alkyl halides is 3. The van der Waals surface area contributed by atoms with Gasteiger partial charge in [0.2, 0.25) is 0 Å². The van der Waals surface area contributed by atoms with Crippen molar-refractivity contribution >= 4 is 11.0 Å². The Hall–Kier alpha value is -1.52. The van der Waals surface area contributed by atoms with Crippen molar-refractivity contribution in [3.05, 3.63) is 29.6 Å². The number of aromatic amines is 1. The zero-order valence-electron chi connectivity index (χ0n) is 8.02. The number of halogens is 3. The molecular weight excluding hydrogens is 205 g/mol. The molecule has 0 saturated heterocycles. The SMILES string of the molecule is CCc1cc2cc(C(F)(F)F)cnc2[nH]1. The highest BCUT2D eigenvalue weighted by Crippen LogP contribution is 2.30. The molecule has 2 nitrogen and oxygen atoms in total. The van der Waals surface area contributed by atoms with Gasteiger partial charge in [-0.3, -0.25) is 0 Å². The zero-order valence-corrected chi connectivity index (χ0v) is 8.02. The Morgan fingerprint density at radius 3 is 2.67 bits per heavy atom. The van der Waals surface area contributed by atoms with Crippen LogP contribution >= 0.6 is 0 Å². The summed E-state index contributed by atoms with van der Waals surface area (Å²) in [6.07, 6.45) is -2.74. The molecule has 0 radical (unpaired) electrons. The third-order valence-electron chi connectivity index (χ3n) is 2.23. The number of fused-ring (bicyclic) bond motifs is 1. The quantitative estimate of drug-likeness (QED) is 0.776. The van der Waals surface area contributed by atoms with Crippen LogP contribution in [0.15, 0.2) is 18.3 Å². The first-order chi connectivity index (χ1) is 7.00. The van der Waals surface area contributed by atoms with Gasteiger partial charge in [-0.15, -0.1) is 0 Å². The van der Waals surface area contributed by atoms with Crippen LogP contribution in [0.4, 0.5) is 13.2 Å². The maximum atomic E-state index is 12.4. The molecule has 0 spiro atoms. The summed E-state index contributed by atoms with van der Waals surface area (Å²) in [6, 6.07) is 2.80. The molecule has 0 aliphatic heterocycles. The molecule has 0 atom stereocenters. The number of H-pyrrole nitrogens is 1. The van der Waals surface area contributed by atoms with E-state index in [-0.39, 0.29) is 0 Å². The average Bonchev–Trinajstić information content (AvgIpc) is 2.57. The van der Waals surface area contributed by atoms with Gasteiger partial charge >= 0.3 is 6.18 Å². The van der Waals surface area contributed by atoms with Gasteiger partial charge in [-0.25, -0.2) is 4.98 Å². The molecule has 2 aromatic rings. The molecule has 15 heavy (non-hydrogen) atoms. The van der Waals surface area contributed by atoms with Crippen LogP contribution in [0.5, 0.6) is 0 Å². The Bertz CT molecular complexity index is 485. The Morgan fingerprint density at radius 2 is 2.07 bits per heavy atom. The number of nitrogens with zero attached hydrogens (tertiary/aromatic N) is 1. The van der Waals surface area contributed by atoms with E-state index >= 15 is 0 Å². The Morgan fingerprint density at radius 1 is 1.33 bits per heavy atom. The van der Waals surface area contributed by atoms with E-state index in [1.165, 1.54) is 0 Å². The van der Waals surface area contributed by atoms with Gasteiger partial charge < -0.3 is 4.98 Å². The highest BCUT2D eigenvalue weighted by Gasteiger charge is 2.31. The van der Waals surface area contributed by atoms with Gasteiger partial charge in [0.25, 0.3) is 0 Å². The number of hydrogen-bond acceptors (Lipinski definition) is 1. The van der Waals surface area contributed by atoms with Crippen LogP contribution in [-0.2, 0) is 12.6 Å². The lowest BCUT2D eigenvalue weighted by Crippen LogP contribution is -2.04. The Labute approximate surface area is 84.1 Å². The van der Waals surface area contributed by atoms with E-state index in [1.807, 2.05) is 6.92 Å². The lowest BCUT2D eigenvalue weighted by molar-refractivity contribution is -0.137. The van der Waals surface area contributed by atoms with Crippen molar-refractivity contribution in [2.24, 2.45) is 0 Å². The summed E-state index contributed by atoms with van der Waals surface area (Å²) in [4.78, 5) is 6.69. The second-order valence-electron chi connectivity index (χ2n) is 3.31. The maximum Gasteiger partial charge on any atom is 0.417 e. The normalized spacial score (nSPS) is 12.3. The van der Waals surface area contributed by atoms with E-state index in [0.717, 1.165) is 24.4 Å². The van der Waals surface area contributed by atoms with Crippen LogP contribution in [0.3, 0.4) is 0 Å². The first kappa shape index (κ1) is 10.0. The minimum absolute atomic E-state index is 0.500.